The first-order chi connectivity index (χ1) is 49.0. The summed E-state index contributed by atoms with van der Waals surface area (Å²) in [5.74, 6) is -0.932. The zero-order valence-electron chi connectivity index (χ0n) is 59.5. The van der Waals surface area contributed by atoms with Crippen molar-refractivity contribution in [3.05, 3.63) is 120 Å². The maximum Gasteiger partial charge on any atom is 1.00 e. The van der Waals surface area contributed by atoms with Crippen molar-refractivity contribution in [2.45, 2.75) is 128 Å². The van der Waals surface area contributed by atoms with E-state index >= 15 is 0 Å². The van der Waals surface area contributed by atoms with E-state index in [4.69, 9.17) is 66.7 Å². The fourth-order valence-electron chi connectivity index (χ4n) is 8.92. The standard InChI is InChI=1S/C18H15F3N8O.C12H15N3O3.C10H8N4O2.C8H9F3N4.C7H6ClN3.C4H8O3.C2H4O2.CH4N2.2CH4.K.H/c1-8-9(2)27-28-16-12(8)13-14(30-16)15(25-7-24-13)26-11-5-29(6-11)17-22-3-10(4-23-17)18(19,20)21;1-5(2)17-12(16)10-9(13)8-6(3)7(4)14-15-11(8)18-10;1-4-5(2)13-14-10-6(4)7-8(16-10)9(15)12-3-11-7;9-8(10,11)5-1-13-7(14-2-5)15-3-6(12)4-15;1-4-5(2)10-11-7(8)6(4)3-9;1-2-7-4(6)3-5;1-2(3)4;2-1-3;;;;/h3-4,7,11H,5-6H2,1-2H3,(H,24,25,26);5H,13H2,1-4H3;3H,1-2H3,(H,11,12,15);1-2,6H,3-4,12H2;1-2H3;5H,2-3H2,1H3;1H3,(H,3,4);1H,(H3,2,3);2*1H4;;/q;;;;;;;;;;+1;-1. The van der Waals surface area contributed by atoms with Crippen molar-refractivity contribution in [2.75, 3.05) is 60.2 Å². The molecule has 570 valence electrons. The van der Waals surface area contributed by atoms with Crippen molar-refractivity contribution in [3.8, 4) is 6.07 Å². The number of nitrogens with one attached hydrogen (secondary N) is 3. The molecular formula is C64H78ClF6KN24O11. The molecule has 13 rings (SSSR count). The second kappa shape index (κ2) is 40.3. The van der Waals surface area contributed by atoms with Crippen LogP contribution in [0.15, 0.2) is 55.5 Å². The first kappa shape index (κ1) is 90.8. The van der Waals surface area contributed by atoms with E-state index in [-0.39, 0.29) is 125 Å². The summed E-state index contributed by atoms with van der Waals surface area (Å²) in [6.07, 6.45) is -2.38. The number of nitrogen functional groups attached to an aromatic ring is 1. The Hall–Kier alpha value is -10.4. The van der Waals surface area contributed by atoms with Crippen LogP contribution < -0.4 is 89.3 Å². The topological polar surface area (TPSA) is 520 Å². The number of aliphatic carboxylic acids is 1. The molecule has 11 aromatic rings. The maximum atomic E-state index is 12.6. The SMILES string of the molecule is C.C.CC(=O)O.CCOC(=O)CO.Cc1nnc(Cl)c(C#N)c1C.Cc1nnc2oc(C(=O)OC(C)C)c(N)c2c1C.Cc1nnc2oc3c(=O)[nH]cnc3c2c1C.Cc1nnc2oc3c(NC4CN(c5ncc(C(F)(F)F)cn5)C4)ncnc3c2c1C.N=CN.NC1CN(c2ncc(C(F)(F)F)cn2)C1.[H-].[K+]. The smallest absolute Gasteiger partial charge is 1.00 e. The van der Waals surface area contributed by atoms with Gasteiger partial charge in [-0.05, 0) is 98.4 Å². The van der Waals surface area contributed by atoms with Gasteiger partial charge >= 0.3 is 75.7 Å². The summed E-state index contributed by atoms with van der Waals surface area (Å²) in [5, 5.41) is 66.7. The molecule has 2 fully saturated rings. The number of aromatic nitrogens is 16. The van der Waals surface area contributed by atoms with E-state index in [1.807, 2.05) is 47.6 Å². The molecule has 0 unspecified atom stereocenters. The minimum atomic E-state index is -4.45. The third-order valence-corrected chi connectivity index (χ3v) is 14.8. The zero-order valence-corrected chi connectivity index (χ0v) is 62.4. The predicted octanol–water partition coefficient (Wildman–Crippen LogP) is 5.79. The first-order valence-electron chi connectivity index (χ1n) is 30.6. The first-order valence-corrected chi connectivity index (χ1v) is 30.9. The van der Waals surface area contributed by atoms with Crippen molar-refractivity contribution in [1.82, 2.24) is 80.7 Å². The number of nitrogens with zero attached hydrogens (tertiary/aromatic N) is 18. The van der Waals surface area contributed by atoms with Crippen LogP contribution in [-0.2, 0) is 31.4 Å². The number of carbonyl (C=O) groups excluding carboxylic acids is 2. The van der Waals surface area contributed by atoms with E-state index in [1.165, 1.54) is 12.7 Å². The van der Waals surface area contributed by atoms with Gasteiger partial charge in [0, 0.05) is 63.9 Å². The van der Waals surface area contributed by atoms with E-state index in [1.54, 1.807) is 44.4 Å². The number of carboxylic acids is 1. The van der Waals surface area contributed by atoms with Crippen molar-refractivity contribution < 1.29 is 126 Å². The molecule has 2 aliphatic heterocycles. The van der Waals surface area contributed by atoms with E-state index in [0.717, 1.165) is 93.9 Å². The van der Waals surface area contributed by atoms with Crippen LogP contribution in [0.4, 0.5) is 49.7 Å². The molecule has 0 spiro atoms. The third kappa shape index (κ3) is 23.5. The van der Waals surface area contributed by atoms with Gasteiger partial charge in [-0.25, -0.2) is 44.5 Å². The largest absolute Gasteiger partial charge is 1.00 e. The van der Waals surface area contributed by atoms with Gasteiger partial charge < -0.3 is 71.7 Å². The number of furan rings is 3. The van der Waals surface area contributed by atoms with Crippen LogP contribution in [0, 0.1) is 72.1 Å². The molecule has 2 saturated heterocycles. The van der Waals surface area contributed by atoms with E-state index in [2.05, 4.69) is 96.4 Å². The number of carbonyl (C=O) groups is 3. The number of alkyl halides is 6. The molecule has 0 bridgehead atoms. The number of fused-ring (bicyclic) bond motifs is 7. The van der Waals surface area contributed by atoms with Gasteiger partial charge in [-0.1, -0.05) is 26.5 Å². The number of hydrogen-bond donors (Lipinski definition) is 8. The average Bonchev–Trinajstić information content (AvgIpc) is 1.60. The summed E-state index contributed by atoms with van der Waals surface area (Å²) in [7, 11) is 0. The van der Waals surface area contributed by atoms with Crippen molar-refractivity contribution >= 4 is 115 Å². The Morgan fingerprint density at radius 2 is 1.16 bits per heavy atom. The number of rotatable bonds is 8. The molecule has 0 saturated carbocycles. The molecule has 0 aliphatic carbocycles. The molecular weight excluding hydrogens is 1470 g/mol. The Kier molecular flexibility index (Phi) is 34.2. The summed E-state index contributed by atoms with van der Waals surface area (Å²) >= 11 is 5.61. The van der Waals surface area contributed by atoms with Crippen molar-refractivity contribution in [1.29, 1.82) is 10.7 Å². The van der Waals surface area contributed by atoms with Crippen LogP contribution in [0.25, 0.3) is 55.5 Å². The fourth-order valence-corrected chi connectivity index (χ4v) is 9.14. The third-order valence-electron chi connectivity index (χ3n) is 14.6. The van der Waals surface area contributed by atoms with Gasteiger partial charge in [-0.15, -0.1) is 20.4 Å². The number of H-pyrrole nitrogens is 1. The van der Waals surface area contributed by atoms with Crippen LogP contribution in [-0.4, -0.2) is 173 Å². The molecule has 35 nitrogen and oxygen atoms in total. The molecule has 0 aromatic carbocycles. The van der Waals surface area contributed by atoms with Gasteiger partial charge in [-0.3, -0.25) is 15.0 Å². The number of aryl methyl sites for hydroxylation is 7. The Labute approximate surface area is 654 Å². The normalized spacial score (nSPS) is 12.1. The Balaban J connectivity index is 0.000000449. The van der Waals surface area contributed by atoms with Gasteiger partial charge in [-0.2, -0.15) is 52.0 Å². The number of aromatic amines is 1. The number of ether oxygens (including phenoxy) is 2. The summed E-state index contributed by atoms with van der Waals surface area (Å²) in [5.41, 5.74) is 24.0. The Morgan fingerprint density at radius 3 is 1.57 bits per heavy atom. The number of aliphatic hydroxyl groups is 1. The van der Waals surface area contributed by atoms with Crippen LogP contribution in [0.2, 0.25) is 5.15 Å². The molecule has 13 heterocycles. The number of nitriles is 1. The van der Waals surface area contributed by atoms with E-state index in [9.17, 15) is 40.7 Å². The number of halogens is 7. The monoisotopic (exact) mass is 1550 g/mol. The van der Waals surface area contributed by atoms with E-state index in [0.29, 0.717) is 83.5 Å². The van der Waals surface area contributed by atoms with Crippen LogP contribution in [0.3, 0.4) is 0 Å². The molecule has 0 amide bonds. The number of esters is 2. The quantitative estimate of drug-likeness (QED) is 0.0293. The molecule has 11 N–H and O–H groups in total. The molecule has 11 aromatic heterocycles. The fraction of sp³-hybridized carbons (Fsp3) is 0.391. The average molecular weight is 1550 g/mol. The van der Waals surface area contributed by atoms with Crippen molar-refractivity contribution in [3.63, 3.8) is 0 Å². The predicted molar refractivity (Wildman–Crippen MR) is 378 cm³/mol. The minimum Gasteiger partial charge on any atom is -1.00 e. The van der Waals surface area contributed by atoms with Crippen LogP contribution in [0.1, 0.15) is 116 Å². The molecule has 43 heteroatoms. The van der Waals surface area contributed by atoms with Gasteiger partial charge in [0.05, 0.1) is 92.7 Å². The van der Waals surface area contributed by atoms with Gasteiger partial charge in [0.25, 0.3) is 11.5 Å². The second-order valence-electron chi connectivity index (χ2n) is 22.4. The molecule has 0 radical (unpaired) electrons. The van der Waals surface area contributed by atoms with Crippen LogP contribution >= 0.6 is 11.6 Å². The van der Waals surface area contributed by atoms with Gasteiger partial charge in [0.2, 0.25) is 40.4 Å². The van der Waals surface area contributed by atoms with Crippen molar-refractivity contribution in [2.24, 2.45) is 11.5 Å². The molecule has 0 atom stereocenters. The van der Waals surface area contributed by atoms with Gasteiger partial charge in [0.1, 0.15) is 30.0 Å². The zero-order chi connectivity index (χ0) is 77.2. The number of carboxylic acid groups (broad SMARTS) is 1. The maximum absolute atomic E-state index is 12.6. The second-order valence-corrected chi connectivity index (χ2v) is 22.7. The number of aliphatic hydroxyl groups excluding tert-OH is 1. The number of anilines is 4. The van der Waals surface area contributed by atoms with Gasteiger partial charge in [0.15, 0.2) is 16.6 Å². The summed E-state index contributed by atoms with van der Waals surface area (Å²) in [6, 6.07) is 2.03. The summed E-state index contributed by atoms with van der Waals surface area (Å²) < 4.78 is 100. The minimum absolute atomic E-state index is 0. The Morgan fingerprint density at radius 1 is 0.738 bits per heavy atom. The summed E-state index contributed by atoms with van der Waals surface area (Å²) in [4.78, 5) is 75.8. The number of nitrogens with two attached hydrogens (primary N) is 3. The van der Waals surface area contributed by atoms with Crippen LogP contribution in [0.5, 0.6) is 0 Å². The van der Waals surface area contributed by atoms with E-state index < -0.39 is 48.0 Å². The molecule has 2 aliphatic rings. The number of hydrogen-bond acceptors (Lipinski definition) is 32. The summed E-state index contributed by atoms with van der Waals surface area (Å²) in [6.45, 7) is 23.1. The molecule has 107 heavy (non-hydrogen) atoms. The Bertz CT molecular complexity index is 4960.